The molecule has 25 heavy (non-hydrogen) atoms. The van der Waals surface area contributed by atoms with Crippen molar-refractivity contribution in [3.05, 3.63) is 33.0 Å². The van der Waals surface area contributed by atoms with Gasteiger partial charge in [0, 0.05) is 18.0 Å². The summed E-state index contributed by atoms with van der Waals surface area (Å²) in [5.41, 5.74) is 0.908. The molecule has 3 rings (SSSR count). The van der Waals surface area contributed by atoms with Crippen molar-refractivity contribution in [1.82, 2.24) is 9.88 Å². The van der Waals surface area contributed by atoms with Crippen LogP contribution in [0.2, 0.25) is 0 Å². The van der Waals surface area contributed by atoms with Gasteiger partial charge in [-0.2, -0.15) is 0 Å². The maximum atomic E-state index is 12.7. The minimum atomic E-state index is -0.239. The Kier molecular flexibility index (Phi) is 5.82. The van der Waals surface area contributed by atoms with E-state index in [0.29, 0.717) is 16.6 Å². The van der Waals surface area contributed by atoms with E-state index >= 15 is 0 Å². The predicted octanol–water partition coefficient (Wildman–Crippen LogP) is 3.08. The molecule has 1 fully saturated rings. The number of carbonyl (C=O) groups excluding carboxylic acids is 2. The number of rotatable bonds is 6. The topological polar surface area (TPSA) is 71.5 Å². The number of hydrogen-bond acceptors (Lipinski definition) is 6. The van der Waals surface area contributed by atoms with Gasteiger partial charge >= 0.3 is 0 Å². The molecular weight excluding hydrogens is 358 g/mol. The van der Waals surface area contributed by atoms with Gasteiger partial charge in [-0.3, -0.25) is 9.59 Å². The van der Waals surface area contributed by atoms with Crippen LogP contribution in [0, 0.1) is 13.8 Å². The molecule has 1 aliphatic heterocycles. The van der Waals surface area contributed by atoms with Gasteiger partial charge in [-0.25, -0.2) is 4.98 Å². The van der Waals surface area contributed by atoms with Crippen molar-refractivity contribution >= 4 is 39.6 Å². The summed E-state index contributed by atoms with van der Waals surface area (Å²) >= 11 is 2.82. The molecule has 0 radical (unpaired) electrons. The lowest BCUT2D eigenvalue weighted by molar-refractivity contribution is -0.117. The highest BCUT2D eigenvalue weighted by molar-refractivity contribution is 7.15. The molecule has 0 spiro atoms. The highest BCUT2D eigenvalue weighted by Crippen LogP contribution is 2.21. The molecule has 134 valence electrons. The van der Waals surface area contributed by atoms with Crippen molar-refractivity contribution < 1.29 is 14.3 Å². The standard InChI is InChI=1S/C17H21N3O3S2/c1-11-12(2)25-17(18-11)19-15(21)10-20(9-13-5-3-7-23-13)16(22)14-6-4-8-24-14/h4,6,8,13H,3,5,7,9-10H2,1-2H3,(H,18,19,21). The van der Waals surface area contributed by atoms with Crippen LogP contribution in [0.5, 0.6) is 0 Å². The first-order chi connectivity index (χ1) is 12.0. The number of anilines is 1. The van der Waals surface area contributed by atoms with E-state index in [1.54, 1.807) is 11.0 Å². The summed E-state index contributed by atoms with van der Waals surface area (Å²) in [5, 5.41) is 5.23. The number of nitrogens with one attached hydrogen (secondary N) is 1. The SMILES string of the molecule is Cc1nc(NC(=O)CN(CC2CCCO2)C(=O)c2cccs2)sc1C. The maximum Gasteiger partial charge on any atom is 0.264 e. The van der Waals surface area contributed by atoms with Crippen LogP contribution in [0.4, 0.5) is 5.13 Å². The smallest absolute Gasteiger partial charge is 0.264 e. The summed E-state index contributed by atoms with van der Waals surface area (Å²) < 4.78 is 5.64. The van der Waals surface area contributed by atoms with Gasteiger partial charge in [0.25, 0.3) is 5.91 Å². The van der Waals surface area contributed by atoms with Crippen LogP contribution < -0.4 is 5.32 Å². The van der Waals surface area contributed by atoms with Gasteiger partial charge in [-0.15, -0.1) is 22.7 Å². The maximum absolute atomic E-state index is 12.7. The van der Waals surface area contributed by atoms with Gasteiger partial charge in [0.2, 0.25) is 5.91 Å². The third-order valence-corrected chi connectivity index (χ3v) is 5.92. The summed E-state index contributed by atoms with van der Waals surface area (Å²) in [7, 11) is 0. The van der Waals surface area contributed by atoms with E-state index in [1.807, 2.05) is 25.3 Å². The van der Waals surface area contributed by atoms with Crippen molar-refractivity contribution in [3.8, 4) is 0 Å². The van der Waals surface area contributed by atoms with Crippen LogP contribution in [0.1, 0.15) is 33.1 Å². The molecule has 0 aliphatic carbocycles. The third kappa shape index (κ3) is 4.65. The number of ether oxygens (including phenoxy) is 1. The second-order valence-corrected chi connectivity index (χ2v) is 8.16. The molecule has 1 N–H and O–H groups in total. The third-order valence-electron chi connectivity index (χ3n) is 4.08. The first kappa shape index (κ1) is 18.0. The van der Waals surface area contributed by atoms with Crippen molar-refractivity contribution in [2.45, 2.75) is 32.8 Å². The number of thiazole rings is 1. The Morgan fingerprint density at radius 3 is 2.88 bits per heavy atom. The van der Waals surface area contributed by atoms with Gasteiger partial charge in [0.05, 0.1) is 16.7 Å². The van der Waals surface area contributed by atoms with E-state index in [2.05, 4.69) is 10.3 Å². The van der Waals surface area contributed by atoms with E-state index in [1.165, 1.54) is 22.7 Å². The number of aryl methyl sites for hydroxylation is 2. The van der Waals surface area contributed by atoms with Crippen molar-refractivity contribution in [2.24, 2.45) is 0 Å². The molecule has 8 heteroatoms. The lowest BCUT2D eigenvalue weighted by atomic mass is 10.2. The first-order valence-corrected chi connectivity index (χ1v) is 9.91. The zero-order valence-electron chi connectivity index (χ0n) is 14.3. The molecule has 2 amide bonds. The predicted molar refractivity (Wildman–Crippen MR) is 99.4 cm³/mol. The lowest BCUT2D eigenvalue weighted by Gasteiger charge is -2.24. The lowest BCUT2D eigenvalue weighted by Crippen LogP contribution is -2.42. The zero-order valence-corrected chi connectivity index (χ0v) is 15.9. The largest absolute Gasteiger partial charge is 0.376 e. The minimum Gasteiger partial charge on any atom is -0.376 e. The molecule has 0 saturated carbocycles. The summed E-state index contributed by atoms with van der Waals surface area (Å²) in [5.74, 6) is -0.371. The van der Waals surface area contributed by atoms with Gasteiger partial charge in [0.15, 0.2) is 5.13 Å². The molecule has 0 aromatic carbocycles. The molecule has 2 aromatic rings. The van der Waals surface area contributed by atoms with E-state index < -0.39 is 0 Å². The van der Waals surface area contributed by atoms with Crippen molar-refractivity contribution in [3.63, 3.8) is 0 Å². The zero-order chi connectivity index (χ0) is 17.8. The molecule has 0 bridgehead atoms. The first-order valence-electron chi connectivity index (χ1n) is 8.21. The fourth-order valence-corrected chi connectivity index (χ4v) is 4.19. The van der Waals surface area contributed by atoms with E-state index in [-0.39, 0.29) is 24.5 Å². The summed E-state index contributed by atoms with van der Waals surface area (Å²) in [6, 6.07) is 3.62. The highest BCUT2D eigenvalue weighted by atomic mass is 32.1. The Morgan fingerprint density at radius 1 is 1.44 bits per heavy atom. The molecular formula is C17H21N3O3S2. The molecule has 3 heterocycles. The molecule has 1 saturated heterocycles. The number of aromatic nitrogens is 1. The number of amides is 2. The molecule has 2 aromatic heterocycles. The van der Waals surface area contributed by atoms with Crippen molar-refractivity contribution in [2.75, 3.05) is 25.0 Å². The van der Waals surface area contributed by atoms with Crippen molar-refractivity contribution in [1.29, 1.82) is 0 Å². The average molecular weight is 380 g/mol. The number of hydrogen-bond donors (Lipinski definition) is 1. The van der Waals surface area contributed by atoms with Crippen LogP contribution in [-0.2, 0) is 9.53 Å². The normalized spacial score (nSPS) is 16.8. The van der Waals surface area contributed by atoms with Crippen LogP contribution in [-0.4, -0.2) is 47.5 Å². The van der Waals surface area contributed by atoms with Gasteiger partial charge in [-0.05, 0) is 38.1 Å². The number of nitrogens with zero attached hydrogens (tertiary/aromatic N) is 2. The monoisotopic (exact) mass is 379 g/mol. The summed E-state index contributed by atoms with van der Waals surface area (Å²) in [6.07, 6.45) is 1.91. The van der Waals surface area contributed by atoms with E-state index in [0.717, 1.165) is 30.0 Å². The fraction of sp³-hybridized carbons (Fsp3) is 0.471. The molecule has 1 unspecified atom stereocenters. The molecule has 1 aliphatic rings. The molecule has 1 atom stereocenters. The van der Waals surface area contributed by atoms with Gasteiger partial charge in [-0.1, -0.05) is 6.07 Å². The number of thiophene rings is 1. The van der Waals surface area contributed by atoms with E-state index in [4.69, 9.17) is 4.74 Å². The Labute approximate surface area is 154 Å². The Balaban J connectivity index is 1.67. The Bertz CT molecular complexity index is 717. The Morgan fingerprint density at radius 2 is 2.28 bits per heavy atom. The van der Waals surface area contributed by atoms with Crippen LogP contribution >= 0.6 is 22.7 Å². The van der Waals surface area contributed by atoms with Gasteiger partial charge < -0.3 is 15.0 Å². The van der Waals surface area contributed by atoms with E-state index in [9.17, 15) is 9.59 Å². The molecule has 6 nitrogen and oxygen atoms in total. The quantitative estimate of drug-likeness (QED) is 0.837. The summed E-state index contributed by atoms with van der Waals surface area (Å²) in [6.45, 7) is 5.02. The van der Waals surface area contributed by atoms with Crippen LogP contribution in [0.3, 0.4) is 0 Å². The van der Waals surface area contributed by atoms with Crippen LogP contribution in [0.15, 0.2) is 17.5 Å². The summed E-state index contributed by atoms with van der Waals surface area (Å²) in [4.78, 5) is 32.7. The highest BCUT2D eigenvalue weighted by Gasteiger charge is 2.26. The fourth-order valence-electron chi connectivity index (χ4n) is 2.67. The Hall–Kier alpha value is -1.77. The average Bonchev–Trinajstić information content (AvgIpc) is 3.30. The number of carbonyl (C=O) groups is 2. The van der Waals surface area contributed by atoms with Crippen LogP contribution in [0.25, 0.3) is 0 Å². The minimum absolute atomic E-state index is 0.000985. The van der Waals surface area contributed by atoms with Gasteiger partial charge in [0.1, 0.15) is 6.54 Å². The second-order valence-electron chi connectivity index (χ2n) is 6.01. The second kappa shape index (κ2) is 8.07.